The number of methoxy groups -OCH3 is 1. The van der Waals surface area contributed by atoms with Crippen molar-refractivity contribution in [2.75, 3.05) is 20.3 Å². The molecule has 25 heavy (non-hydrogen) atoms. The standard InChI is InChI=1S/C19H22N2O4/c1-23-14-7-6-13-8-12(11-24-17(13)9-14)10-20-19(22)18-15-4-2-3-5-16(15)21-25-18/h6-7,9,12H,2-5,8,10-11H2,1H3,(H,20,22). The Morgan fingerprint density at radius 3 is 3.12 bits per heavy atom. The fourth-order valence-electron chi connectivity index (χ4n) is 3.56. The van der Waals surface area contributed by atoms with E-state index in [4.69, 9.17) is 14.0 Å². The summed E-state index contributed by atoms with van der Waals surface area (Å²) >= 11 is 0. The monoisotopic (exact) mass is 342 g/mol. The Labute approximate surface area is 146 Å². The van der Waals surface area contributed by atoms with Crippen LogP contribution in [0.1, 0.15) is 40.2 Å². The highest BCUT2D eigenvalue weighted by atomic mass is 16.5. The summed E-state index contributed by atoms with van der Waals surface area (Å²) in [5, 5.41) is 7.03. The van der Waals surface area contributed by atoms with Crippen molar-refractivity contribution in [2.24, 2.45) is 5.92 Å². The number of aryl methyl sites for hydroxylation is 1. The molecule has 132 valence electrons. The van der Waals surface area contributed by atoms with Crippen LogP contribution in [-0.2, 0) is 19.3 Å². The first kappa shape index (κ1) is 16.0. The molecule has 2 aromatic rings. The number of hydrogen-bond acceptors (Lipinski definition) is 5. The van der Waals surface area contributed by atoms with Gasteiger partial charge in [-0.2, -0.15) is 0 Å². The summed E-state index contributed by atoms with van der Waals surface area (Å²) in [6.45, 7) is 1.13. The third-order valence-electron chi connectivity index (χ3n) is 4.97. The van der Waals surface area contributed by atoms with E-state index in [1.54, 1.807) is 7.11 Å². The van der Waals surface area contributed by atoms with Crippen molar-refractivity contribution >= 4 is 5.91 Å². The van der Waals surface area contributed by atoms with Crippen LogP contribution in [0, 0.1) is 5.92 Å². The van der Waals surface area contributed by atoms with E-state index in [-0.39, 0.29) is 11.8 Å². The number of amides is 1. The number of aromatic nitrogens is 1. The average Bonchev–Trinajstić information content (AvgIpc) is 3.09. The number of nitrogens with zero attached hydrogens (tertiary/aromatic N) is 1. The topological polar surface area (TPSA) is 73.6 Å². The largest absolute Gasteiger partial charge is 0.497 e. The van der Waals surface area contributed by atoms with Crippen molar-refractivity contribution in [1.82, 2.24) is 10.5 Å². The maximum atomic E-state index is 12.4. The molecule has 6 heteroatoms. The zero-order valence-electron chi connectivity index (χ0n) is 14.3. The van der Waals surface area contributed by atoms with Gasteiger partial charge in [0.05, 0.1) is 19.4 Å². The van der Waals surface area contributed by atoms with Gasteiger partial charge in [-0.25, -0.2) is 0 Å². The first-order chi connectivity index (χ1) is 12.2. The molecule has 0 saturated carbocycles. The Morgan fingerprint density at radius 2 is 2.24 bits per heavy atom. The lowest BCUT2D eigenvalue weighted by molar-refractivity contribution is 0.0901. The minimum atomic E-state index is -0.170. The molecule has 1 unspecified atom stereocenters. The van der Waals surface area contributed by atoms with Gasteiger partial charge in [0.25, 0.3) is 5.91 Å². The summed E-state index contributed by atoms with van der Waals surface area (Å²) in [5.41, 5.74) is 3.07. The molecule has 4 rings (SSSR count). The van der Waals surface area contributed by atoms with Crippen LogP contribution in [0.5, 0.6) is 11.5 Å². The molecule has 1 aromatic carbocycles. The number of fused-ring (bicyclic) bond motifs is 2. The second-order valence-corrected chi connectivity index (χ2v) is 6.71. The molecular weight excluding hydrogens is 320 g/mol. The molecule has 0 spiro atoms. The van der Waals surface area contributed by atoms with Gasteiger partial charge in [-0.3, -0.25) is 4.79 Å². The van der Waals surface area contributed by atoms with Gasteiger partial charge in [-0.1, -0.05) is 11.2 Å². The second-order valence-electron chi connectivity index (χ2n) is 6.71. The van der Waals surface area contributed by atoms with E-state index >= 15 is 0 Å². The van der Waals surface area contributed by atoms with Crippen molar-refractivity contribution in [3.63, 3.8) is 0 Å². The normalized spacial score (nSPS) is 18.7. The molecular formula is C19H22N2O4. The molecule has 1 amide bonds. The molecule has 0 fully saturated rings. The molecule has 1 aliphatic carbocycles. The van der Waals surface area contributed by atoms with Gasteiger partial charge in [0.2, 0.25) is 5.76 Å². The van der Waals surface area contributed by atoms with Crippen LogP contribution >= 0.6 is 0 Å². The van der Waals surface area contributed by atoms with Gasteiger partial charge in [-0.05, 0) is 43.7 Å². The lowest BCUT2D eigenvalue weighted by atomic mass is 9.95. The van der Waals surface area contributed by atoms with Crippen LogP contribution in [0.15, 0.2) is 22.7 Å². The fraction of sp³-hybridized carbons (Fsp3) is 0.474. The Bertz CT molecular complexity index is 784. The van der Waals surface area contributed by atoms with Gasteiger partial charge in [-0.15, -0.1) is 0 Å². The Morgan fingerprint density at radius 1 is 1.36 bits per heavy atom. The summed E-state index contributed by atoms with van der Waals surface area (Å²) in [4.78, 5) is 12.4. The minimum absolute atomic E-state index is 0.170. The fourth-order valence-corrected chi connectivity index (χ4v) is 3.56. The number of hydrogen-bond donors (Lipinski definition) is 1. The molecule has 1 aliphatic heterocycles. The molecule has 0 bridgehead atoms. The predicted octanol–water partition coefficient (Wildman–Crippen LogP) is 2.54. The highest BCUT2D eigenvalue weighted by molar-refractivity contribution is 5.93. The van der Waals surface area contributed by atoms with Crippen LogP contribution < -0.4 is 14.8 Å². The number of carbonyl (C=O) groups is 1. The molecule has 6 nitrogen and oxygen atoms in total. The van der Waals surface area contributed by atoms with Crippen LogP contribution in [0.25, 0.3) is 0 Å². The van der Waals surface area contributed by atoms with E-state index in [1.165, 1.54) is 0 Å². The minimum Gasteiger partial charge on any atom is -0.497 e. The van der Waals surface area contributed by atoms with Crippen molar-refractivity contribution in [3.05, 3.63) is 40.8 Å². The first-order valence-corrected chi connectivity index (χ1v) is 8.80. The maximum Gasteiger partial charge on any atom is 0.290 e. The highest BCUT2D eigenvalue weighted by Gasteiger charge is 2.26. The van der Waals surface area contributed by atoms with E-state index in [0.29, 0.717) is 18.9 Å². The summed E-state index contributed by atoms with van der Waals surface area (Å²) in [6, 6.07) is 5.86. The maximum absolute atomic E-state index is 12.4. The van der Waals surface area contributed by atoms with Crippen molar-refractivity contribution in [1.29, 1.82) is 0 Å². The van der Waals surface area contributed by atoms with Crippen LogP contribution in [0.4, 0.5) is 0 Å². The van der Waals surface area contributed by atoms with E-state index < -0.39 is 0 Å². The third-order valence-corrected chi connectivity index (χ3v) is 4.97. The number of ether oxygens (including phenoxy) is 2. The van der Waals surface area contributed by atoms with Crippen LogP contribution in [-0.4, -0.2) is 31.3 Å². The summed E-state index contributed by atoms with van der Waals surface area (Å²) in [5.74, 6) is 2.11. The van der Waals surface area contributed by atoms with E-state index in [2.05, 4.69) is 10.5 Å². The zero-order chi connectivity index (χ0) is 17.2. The third kappa shape index (κ3) is 3.21. The van der Waals surface area contributed by atoms with E-state index in [0.717, 1.165) is 60.4 Å². The lowest BCUT2D eigenvalue weighted by Crippen LogP contribution is -2.35. The summed E-state index contributed by atoms with van der Waals surface area (Å²) in [6.07, 6.45) is 4.86. The Balaban J connectivity index is 1.37. The Hall–Kier alpha value is -2.50. The van der Waals surface area contributed by atoms with Crippen molar-refractivity contribution in [3.8, 4) is 11.5 Å². The first-order valence-electron chi connectivity index (χ1n) is 8.80. The van der Waals surface area contributed by atoms with Gasteiger partial charge in [0.1, 0.15) is 11.5 Å². The SMILES string of the molecule is COc1ccc2c(c1)OCC(CNC(=O)c1onc3c1CCCC3)C2. The average molecular weight is 342 g/mol. The van der Waals surface area contributed by atoms with Gasteiger partial charge >= 0.3 is 0 Å². The van der Waals surface area contributed by atoms with Crippen molar-refractivity contribution in [2.45, 2.75) is 32.1 Å². The number of carbonyl (C=O) groups excluding carboxylic acids is 1. The molecule has 1 aromatic heterocycles. The van der Waals surface area contributed by atoms with Crippen molar-refractivity contribution < 1.29 is 18.8 Å². The molecule has 1 atom stereocenters. The highest BCUT2D eigenvalue weighted by Crippen LogP contribution is 2.31. The quantitative estimate of drug-likeness (QED) is 0.924. The summed E-state index contributed by atoms with van der Waals surface area (Å²) in [7, 11) is 1.64. The lowest BCUT2D eigenvalue weighted by Gasteiger charge is -2.25. The van der Waals surface area contributed by atoms with E-state index in [1.807, 2.05) is 18.2 Å². The molecule has 2 aliphatic rings. The van der Waals surface area contributed by atoms with Gasteiger partial charge < -0.3 is 19.3 Å². The predicted molar refractivity (Wildman–Crippen MR) is 91.2 cm³/mol. The zero-order valence-corrected chi connectivity index (χ0v) is 14.3. The van der Waals surface area contributed by atoms with Gasteiger partial charge in [0.15, 0.2) is 0 Å². The smallest absolute Gasteiger partial charge is 0.290 e. The molecule has 0 saturated heterocycles. The van der Waals surface area contributed by atoms with Crippen LogP contribution in [0.2, 0.25) is 0 Å². The molecule has 1 N–H and O–H groups in total. The number of benzene rings is 1. The number of rotatable bonds is 4. The van der Waals surface area contributed by atoms with Gasteiger partial charge in [0, 0.05) is 24.1 Å². The molecule has 2 heterocycles. The summed E-state index contributed by atoms with van der Waals surface area (Å²) < 4.78 is 16.3. The number of nitrogens with one attached hydrogen (secondary N) is 1. The van der Waals surface area contributed by atoms with Crippen LogP contribution in [0.3, 0.4) is 0 Å². The Kier molecular flexibility index (Phi) is 4.34. The molecule has 0 radical (unpaired) electrons. The van der Waals surface area contributed by atoms with E-state index in [9.17, 15) is 4.79 Å². The second kappa shape index (κ2) is 6.78.